The van der Waals surface area contributed by atoms with Gasteiger partial charge in [0.1, 0.15) is 0 Å². The van der Waals surface area contributed by atoms with Crippen molar-refractivity contribution in [3.05, 3.63) is 35.9 Å². The summed E-state index contributed by atoms with van der Waals surface area (Å²) in [7, 11) is 3.19. The molecule has 2 rings (SSSR count). The largest absolute Gasteiger partial charge is 0.288 e. The summed E-state index contributed by atoms with van der Waals surface area (Å²) in [6.45, 7) is 1.80. The SMILES string of the molecule is CON(C)C(=O)[C@@H]1CCCN1Cc1ccccc1. The molecule has 1 aliphatic rings. The molecule has 1 atom stereocenters. The van der Waals surface area contributed by atoms with Crippen molar-refractivity contribution in [1.82, 2.24) is 9.96 Å². The number of hydrogen-bond donors (Lipinski definition) is 0. The Morgan fingerprint density at radius 2 is 2.17 bits per heavy atom. The standard InChI is InChI=1S/C14H20N2O2/c1-15(18-2)14(17)13-9-6-10-16(13)11-12-7-4-3-5-8-12/h3-5,7-8,13H,6,9-11H2,1-2H3/t13-/m0/s1. The van der Waals surface area contributed by atoms with Gasteiger partial charge in [-0.15, -0.1) is 0 Å². The monoisotopic (exact) mass is 248 g/mol. The molecular formula is C14H20N2O2. The Labute approximate surface area is 108 Å². The van der Waals surface area contributed by atoms with Crippen LogP contribution in [0.1, 0.15) is 18.4 Å². The maximum Gasteiger partial charge on any atom is 0.263 e. The highest BCUT2D eigenvalue weighted by Crippen LogP contribution is 2.21. The third-order valence-corrected chi connectivity index (χ3v) is 3.46. The molecule has 0 N–H and O–H groups in total. The molecule has 4 heteroatoms. The van der Waals surface area contributed by atoms with E-state index in [2.05, 4.69) is 17.0 Å². The molecule has 0 saturated carbocycles. The first-order valence-electron chi connectivity index (χ1n) is 6.32. The fourth-order valence-corrected chi connectivity index (χ4v) is 2.41. The maximum absolute atomic E-state index is 12.1. The molecule has 1 amide bonds. The van der Waals surface area contributed by atoms with Crippen LogP contribution >= 0.6 is 0 Å². The molecule has 0 bridgehead atoms. The van der Waals surface area contributed by atoms with E-state index in [0.29, 0.717) is 0 Å². The van der Waals surface area contributed by atoms with E-state index >= 15 is 0 Å². The second-order valence-electron chi connectivity index (χ2n) is 4.63. The van der Waals surface area contributed by atoms with Crippen molar-refractivity contribution in [2.45, 2.75) is 25.4 Å². The lowest BCUT2D eigenvalue weighted by Crippen LogP contribution is -2.43. The van der Waals surface area contributed by atoms with Crippen LogP contribution in [0.2, 0.25) is 0 Å². The first-order valence-corrected chi connectivity index (χ1v) is 6.32. The number of amides is 1. The Kier molecular flexibility index (Phi) is 4.33. The van der Waals surface area contributed by atoms with Gasteiger partial charge in [-0.2, -0.15) is 0 Å². The number of benzene rings is 1. The minimum atomic E-state index is -0.0462. The van der Waals surface area contributed by atoms with E-state index in [-0.39, 0.29) is 11.9 Å². The summed E-state index contributed by atoms with van der Waals surface area (Å²) in [6.07, 6.45) is 1.99. The van der Waals surface area contributed by atoms with Crippen LogP contribution in [0.25, 0.3) is 0 Å². The molecule has 4 nitrogen and oxygen atoms in total. The average Bonchev–Trinajstić information content (AvgIpc) is 2.86. The van der Waals surface area contributed by atoms with Gasteiger partial charge in [0.2, 0.25) is 0 Å². The van der Waals surface area contributed by atoms with Crippen LogP contribution in [0.3, 0.4) is 0 Å². The van der Waals surface area contributed by atoms with Crippen LogP contribution in [0.15, 0.2) is 30.3 Å². The topological polar surface area (TPSA) is 32.8 Å². The predicted octanol–water partition coefficient (Wildman–Crippen LogP) is 1.67. The number of hydroxylamine groups is 2. The van der Waals surface area contributed by atoms with Gasteiger partial charge in [-0.3, -0.25) is 14.5 Å². The third kappa shape index (κ3) is 2.89. The van der Waals surface area contributed by atoms with E-state index in [1.165, 1.54) is 17.7 Å². The van der Waals surface area contributed by atoms with Gasteiger partial charge in [0.05, 0.1) is 13.2 Å². The molecule has 0 aliphatic carbocycles. The quantitative estimate of drug-likeness (QED) is 0.760. The van der Waals surface area contributed by atoms with Crippen LogP contribution in [-0.2, 0) is 16.2 Å². The predicted molar refractivity (Wildman–Crippen MR) is 69.7 cm³/mol. The van der Waals surface area contributed by atoms with Crippen LogP contribution in [0, 0.1) is 0 Å². The summed E-state index contributed by atoms with van der Waals surface area (Å²) < 4.78 is 0. The number of rotatable bonds is 4. The highest BCUT2D eigenvalue weighted by atomic mass is 16.7. The summed E-state index contributed by atoms with van der Waals surface area (Å²) in [6, 6.07) is 10.2. The minimum absolute atomic E-state index is 0.0462. The number of carbonyl (C=O) groups excluding carboxylic acids is 1. The first kappa shape index (κ1) is 13.1. The van der Waals surface area contributed by atoms with E-state index in [1.807, 2.05) is 18.2 Å². The van der Waals surface area contributed by atoms with Gasteiger partial charge in [-0.25, -0.2) is 5.06 Å². The maximum atomic E-state index is 12.1. The molecule has 1 saturated heterocycles. The first-order chi connectivity index (χ1) is 8.72. The van der Waals surface area contributed by atoms with Crippen LogP contribution in [-0.4, -0.2) is 42.6 Å². The normalized spacial score (nSPS) is 20.0. The van der Waals surface area contributed by atoms with Gasteiger partial charge in [-0.05, 0) is 24.9 Å². The Morgan fingerprint density at radius 1 is 1.44 bits per heavy atom. The van der Waals surface area contributed by atoms with Crippen LogP contribution in [0.4, 0.5) is 0 Å². The van der Waals surface area contributed by atoms with E-state index in [4.69, 9.17) is 4.84 Å². The van der Waals surface area contributed by atoms with Crippen molar-refractivity contribution >= 4 is 5.91 Å². The Bertz CT molecular complexity index is 394. The van der Waals surface area contributed by atoms with Crippen LogP contribution < -0.4 is 0 Å². The highest BCUT2D eigenvalue weighted by Gasteiger charge is 2.32. The average molecular weight is 248 g/mol. The van der Waals surface area contributed by atoms with Crippen LogP contribution in [0.5, 0.6) is 0 Å². The summed E-state index contributed by atoms with van der Waals surface area (Å²) in [5.74, 6) is 0.0472. The molecule has 1 fully saturated rings. The summed E-state index contributed by atoms with van der Waals surface area (Å²) in [4.78, 5) is 19.3. The summed E-state index contributed by atoms with van der Waals surface area (Å²) >= 11 is 0. The van der Waals surface area contributed by atoms with Crippen molar-refractivity contribution in [2.24, 2.45) is 0 Å². The molecule has 0 spiro atoms. The zero-order chi connectivity index (χ0) is 13.0. The minimum Gasteiger partial charge on any atom is -0.288 e. The molecule has 1 aliphatic heterocycles. The van der Waals surface area contributed by atoms with Crippen molar-refractivity contribution in [2.75, 3.05) is 20.7 Å². The number of nitrogens with zero attached hydrogens (tertiary/aromatic N) is 2. The van der Waals surface area contributed by atoms with Gasteiger partial charge in [0.15, 0.2) is 0 Å². The lowest BCUT2D eigenvalue weighted by molar-refractivity contribution is -0.173. The number of hydrogen-bond acceptors (Lipinski definition) is 3. The molecule has 0 unspecified atom stereocenters. The highest BCUT2D eigenvalue weighted by molar-refractivity contribution is 5.81. The fraction of sp³-hybridized carbons (Fsp3) is 0.500. The number of carbonyl (C=O) groups is 1. The van der Waals surface area contributed by atoms with Gasteiger partial charge in [-0.1, -0.05) is 30.3 Å². The molecule has 1 aromatic carbocycles. The Balaban J connectivity index is 2.02. The molecule has 18 heavy (non-hydrogen) atoms. The van der Waals surface area contributed by atoms with Crippen molar-refractivity contribution in [1.29, 1.82) is 0 Å². The molecular weight excluding hydrogens is 228 g/mol. The van der Waals surface area contributed by atoms with Gasteiger partial charge >= 0.3 is 0 Å². The number of likely N-dealkylation sites (tertiary alicyclic amines) is 1. The lowest BCUT2D eigenvalue weighted by atomic mass is 10.1. The van der Waals surface area contributed by atoms with E-state index in [1.54, 1.807) is 7.05 Å². The van der Waals surface area contributed by atoms with Crippen molar-refractivity contribution < 1.29 is 9.63 Å². The number of likely N-dealkylation sites (N-methyl/N-ethyl adjacent to an activating group) is 1. The second kappa shape index (κ2) is 5.98. The van der Waals surface area contributed by atoms with E-state index < -0.39 is 0 Å². The molecule has 98 valence electrons. The van der Waals surface area contributed by atoms with Crippen molar-refractivity contribution in [3.63, 3.8) is 0 Å². The van der Waals surface area contributed by atoms with Gasteiger partial charge < -0.3 is 0 Å². The summed E-state index contributed by atoms with van der Waals surface area (Å²) in [5.41, 5.74) is 1.25. The smallest absolute Gasteiger partial charge is 0.263 e. The molecule has 0 radical (unpaired) electrons. The lowest BCUT2D eigenvalue weighted by Gasteiger charge is -2.26. The second-order valence-corrected chi connectivity index (χ2v) is 4.63. The Hall–Kier alpha value is -1.39. The zero-order valence-corrected chi connectivity index (χ0v) is 11.0. The summed E-state index contributed by atoms with van der Waals surface area (Å²) in [5, 5.41) is 1.33. The Morgan fingerprint density at radius 3 is 2.83 bits per heavy atom. The molecule has 1 aromatic rings. The molecule has 0 aromatic heterocycles. The fourth-order valence-electron chi connectivity index (χ4n) is 2.41. The zero-order valence-electron chi connectivity index (χ0n) is 11.0. The van der Waals surface area contributed by atoms with E-state index in [9.17, 15) is 4.79 Å². The van der Waals surface area contributed by atoms with Gasteiger partial charge in [0.25, 0.3) is 5.91 Å². The molecule has 1 heterocycles. The van der Waals surface area contributed by atoms with E-state index in [0.717, 1.165) is 25.9 Å². The van der Waals surface area contributed by atoms with Crippen molar-refractivity contribution in [3.8, 4) is 0 Å². The van der Waals surface area contributed by atoms with Gasteiger partial charge in [0, 0.05) is 13.6 Å². The third-order valence-electron chi connectivity index (χ3n) is 3.46.